The van der Waals surface area contributed by atoms with Gasteiger partial charge in [-0.25, -0.2) is 4.39 Å². The first kappa shape index (κ1) is 12.5. The van der Waals surface area contributed by atoms with Gasteiger partial charge in [-0.05, 0) is 19.0 Å². The average molecular weight is 238 g/mol. The normalized spacial score (nSPS) is 19.2. The van der Waals surface area contributed by atoms with Crippen LogP contribution in [0.4, 0.5) is 4.39 Å². The van der Waals surface area contributed by atoms with Gasteiger partial charge in [-0.1, -0.05) is 18.2 Å². The SMILES string of the molecule is NCCC(c1ccccc1F)N1CCOCC1. The van der Waals surface area contributed by atoms with Crippen LogP contribution in [0.25, 0.3) is 0 Å². The molecular weight excluding hydrogens is 219 g/mol. The van der Waals surface area contributed by atoms with E-state index >= 15 is 0 Å². The van der Waals surface area contributed by atoms with Crippen molar-refractivity contribution in [3.05, 3.63) is 35.6 Å². The van der Waals surface area contributed by atoms with Gasteiger partial charge in [0.1, 0.15) is 5.82 Å². The van der Waals surface area contributed by atoms with E-state index in [1.165, 1.54) is 6.07 Å². The summed E-state index contributed by atoms with van der Waals surface area (Å²) in [6.07, 6.45) is 0.779. The molecule has 3 nitrogen and oxygen atoms in total. The molecule has 1 fully saturated rings. The lowest BCUT2D eigenvalue weighted by Crippen LogP contribution is -2.40. The molecule has 1 heterocycles. The van der Waals surface area contributed by atoms with Gasteiger partial charge in [-0.3, -0.25) is 4.90 Å². The van der Waals surface area contributed by atoms with Gasteiger partial charge >= 0.3 is 0 Å². The largest absolute Gasteiger partial charge is 0.379 e. The number of morpholine rings is 1. The fourth-order valence-electron chi connectivity index (χ4n) is 2.33. The van der Waals surface area contributed by atoms with E-state index in [-0.39, 0.29) is 11.9 Å². The van der Waals surface area contributed by atoms with E-state index in [1.807, 2.05) is 12.1 Å². The van der Waals surface area contributed by atoms with Gasteiger partial charge in [0.05, 0.1) is 13.2 Å². The first-order chi connectivity index (χ1) is 8.33. The summed E-state index contributed by atoms with van der Waals surface area (Å²) in [6, 6.07) is 7.04. The topological polar surface area (TPSA) is 38.5 Å². The van der Waals surface area contributed by atoms with Crippen molar-refractivity contribution in [1.29, 1.82) is 0 Å². The second-order valence-electron chi connectivity index (χ2n) is 4.26. The summed E-state index contributed by atoms with van der Waals surface area (Å²) in [5, 5.41) is 0. The minimum absolute atomic E-state index is 0.0742. The number of hydrogen-bond acceptors (Lipinski definition) is 3. The minimum atomic E-state index is -0.141. The van der Waals surface area contributed by atoms with Gasteiger partial charge in [-0.15, -0.1) is 0 Å². The molecule has 0 spiro atoms. The van der Waals surface area contributed by atoms with Crippen molar-refractivity contribution < 1.29 is 9.13 Å². The second-order valence-corrected chi connectivity index (χ2v) is 4.26. The standard InChI is InChI=1S/C13H19FN2O/c14-12-4-2-1-3-11(12)13(5-6-15)16-7-9-17-10-8-16/h1-4,13H,5-10,15H2. The van der Waals surface area contributed by atoms with Crippen molar-refractivity contribution in [2.45, 2.75) is 12.5 Å². The summed E-state index contributed by atoms with van der Waals surface area (Å²) in [5.74, 6) is -0.141. The lowest BCUT2D eigenvalue weighted by molar-refractivity contribution is 0.0140. The zero-order valence-electron chi connectivity index (χ0n) is 9.94. The predicted octanol–water partition coefficient (Wildman–Crippen LogP) is 1.55. The fourth-order valence-corrected chi connectivity index (χ4v) is 2.33. The summed E-state index contributed by atoms with van der Waals surface area (Å²) in [5.41, 5.74) is 6.39. The Bertz CT molecular complexity index is 353. The Labute approximate surface area is 101 Å². The van der Waals surface area contributed by atoms with Gasteiger partial charge in [-0.2, -0.15) is 0 Å². The van der Waals surface area contributed by atoms with Crippen molar-refractivity contribution >= 4 is 0 Å². The smallest absolute Gasteiger partial charge is 0.127 e. The number of nitrogens with zero attached hydrogens (tertiary/aromatic N) is 1. The second kappa shape index (κ2) is 6.10. The Kier molecular flexibility index (Phi) is 4.48. The maximum atomic E-state index is 13.8. The summed E-state index contributed by atoms with van der Waals surface area (Å²) < 4.78 is 19.1. The number of benzene rings is 1. The van der Waals surface area contributed by atoms with Crippen LogP contribution in [-0.4, -0.2) is 37.7 Å². The molecule has 1 aromatic carbocycles. The van der Waals surface area contributed by atoms with Crippen LogP contribution >= 0.6 is 0 Å². The van der Waals surface area contributed by atoms with Crippen LogP contribution in [0, 0.1) is 5.82 Å². The maximum Gasteiger partial charge on any atom is 0.127 e. The van der Waals surface area contributed by atoms with Crippen molar-refractivity contribution in [1.82, 2.24) is 4.90 Å². The van der Waals surface area contributed by atoms with Crippen molar-refractivity contribution in [2.75, 3.05) is 32.8 Å². The molecule has 17 heavy (non-hydrogen) atoms. The van der Waals surface area contributed by atoms with Gasteiger partial charge in [0.2, 0.25) is 0 Å². The average Bonchev–Trinajstić information content (AvgIpc) is 2.38. The maximum absolute atomic E-state index is 13.8. The summed E-state index contributed by atoms with van der Waals surface area (Å²) in [7, 11) is 0. The third kappa shape index (κ3) is 3.03. The summed E-state index contributed by atoms with van der Waals surface area (Å²) >= 11 is 0. The van der Waals surface area contributed by atoms with Crippen LogP contribution in [0.15, 0.2) is 24.3 Å². The Morgan fingerprint density at radius 2 is 2.00 bits per heavy atom. The van der Waals surface area contributed by atoms with E-state index in [2.05, 4.69) is 4.90 Å². The van der Waals surface area contributed by atoms with Crippen molar-refractivity contribution in [2.24, 2.45) is 5.73 Å². The van der Waals surface area contributed by atoms with Crippen LogP contribution < -0.4 is 5.73 Å². The lowest BCUT2D eigenvalue weighted by Gasteiger charge is -2.34. The highest BCUT2D eigenvalue weighted by atomic mass is 19.1. The number of halogens is 1. The van der Waals surface area contributed by atoms with Crippen LogP contribution in [0.5, 0.6) is 0 Å². The molecule has 0 aliphatic carbocycles. The van der Waals surface area contributed by atoms with Crippen LogP contribution in [-0.2, 0) is 4.74 Å². The molecule has 94 valence electrons. The molecule has 1 aromatic rings. The number of ether oxygens (including phenoxy) is 1. The molecule has 0 saturated carbocycles. The number of rotatable bonds is 4. The van der Waals surface area contributed by atoms with Crippen molar-refractivity contribution in [3.63, 3.8) is 0 Å². The first-order valence-corrected chi connectivity index (χ1v) is 6.09. The third-order valence-electron chi connectivity index (χ3n) is 3.19. The third-order valence-corrected chi connectivity index (χ3v) is 3.19. The molecule has 0 radical (unpaired) electrons. The number of nitrogens with two attached hydrogens (primary N) is 1. The zero-order chi connectivity index (χ0) is 12.1. The van der Waals surface area contributed by atoms with Gasteiger partial charge < -0.3 is 10.5 Å². The van der Waals surface area contributed by atoms with Crippen LogP contribution in [0.1, 0.15) is 18.0 Å². The van der Waals surface area contributed by atoms with Gasteiger partial charge in [0.15, 0.2) is 0 Å². The number of hydrogen-bond donors (Lipinski definition) is 1. The predicted molar refractivity (Wildman–Crippen MR) is 65.2 cm³/mol. The first-order valence-electron chi connectivity index (χ1n) is 6.09. The molecule has 2 N–H and O–H groups in total. The van der Waals surface area contributed by atoms with E-state index in [4.69, 9.17) is 10.5 Å². The zero-order valence-corrected chi connectivity index (χ0v) is 9.94. The molecule has 1 unspecified atom stereocenters. The van der Waals surface area contributed by atoms with Crippen LogP contribution in [0.2, 0.25) is 0 Å². The van der Waals surface area contributed by atoms with E-state index < -0.39 is 0 Å². The Morgan fingerprint density at radius 1 is 1.29 bits per heavy atom. The molecule has 0 amide bonds. The quantitative estimate of drug-likeness (QED) is 0.865. The van der Waals surface area contributed by atoms with E-state index in [0.29, 0.717) is 6.54 Å². The molecule has 2 rings (SSSR count). The fraction of sp³-hybridized carbons (Fsp3) is 0.538. The molecule has 1 atom stereocenters. The van der Waals surface area contributed by atoms with E-state index in [1.54, 1.807) is 6.07 Å². The van der Waals surface area contributed by atoms with Crippen LogP contribution in [0.3, 0.4) is 0 Å². The highest BCUT2D eigenvalue weighted by Crippen LogP contribution is 2.26. The lowest BCUT2D eigenvalue weighted by atomic mass is 10.0. The molecule has 1 saturated heterocycles. The highest BCUT2D eigenvalue weighted by molar-refractivity contribution is 5.21. The van der Waals surface area contributed by atoms with E-state index in [9.17, 15) is 4.39 Å². The van der Waals surface area contributed by atoms with Crippen molar-refractivity contribution in [3.8, 4) is 0 Å². The van der Waals surface area contributed by atoms with Gasteiger partial charge in [0, 0.05) is 24.7 Å². The Morgan fingerprint density at radius 3 is 2.65 bits per heavy atom. The Balaban J connectivity index is 2.18. The monoisotopic (exact) mass is 238 g/mol. The molecule has 1 aliphatic rings. The molecule has 1 aliphatic heterocycles. The molecule has 4 heteroatoms. The van der Waals surface area contributed by atoms with E-state index in [0.717, 1.165) is 38.3 Å². The molecular formula is C13H19FN2O. The highest BCUT2D eigenvalue weighted by Gasteiger charge is 2.23. The summed E-state index contributed by atoms with van der Waals surface area (Å²) in [4.78, 5) is 2.26. The molecule has 0 bridgehead atoms. The van der Waals surface area contributed by atoms with Gasteiger partial charge in [0.25, 0.3) is 0 Å². The summed E-state index contributed by atoms with van der Waals surface area (Å²) in [6.45, 7) is 3.69. The molecule has 0 aromatic heterocycles. The Hall–Kier alpha value is -0.970. The minimum Gasteiger partial charge on any atom is -0.379 e.